The van der Waals surface area contributed by atoms with E-state index in [1.165, 1.54) is 18.2 Å². The second-order valence-corrected chi connectivity index (χ2v) is 8.25. The monoisotopic (exact) mass is 468 g/mol. The standard InChI is InChI=1S/C28H27F3O3/c1-3-5-14-32-25-13-12-23(26(30)27(25)31)20-8-6-19(7-9-20)22-11-10-21(15-24(22)29)28-33-16-18(4-2)17-34-28/h4,6-13,15,18,28H,2-3,5,14,16-17H2,1H3. The highest BCUT2D eigenvalue weighted by Gasteiger charge is 2.23. The lowest BCUT2D eigenvalue weighted by Crippen LogP contribution is -2.25. The van der Waals surface area contributed by atoms with Crippen molar-refractivity contribution in [1.29, 1.82) is 0 Å². The average molecular weight is 469 g/mol. The van der Waals surface area contributed by atoms with Crippen LogP contribution < -0.4 is 4.74 Å². The summed E-state index contributed by atoms with van der Waals surface area (Å²) in [6, 6.07) is 14.4. The molecule has 1 saturated heterocycles. The molecule has 6 heteroatoms. The molecule has 1 aliphatic heterocycles. The predicted molar refractivity (Wildman–Crippen MR) is 126 cm³/mol. The quantitative estimate of drug-likeness (QED) is 0.254. The first kappa shape index (κ1) is 24.0. The molecule has 0 bridgehead atoms. The van der Waals surface area contributed by atoms with E-state index in [0.717, 1.165) is 12.8 Å². The van der Waals surface area contributed by atoms with Gasteiger partial charge in [0, 0.05) is 22.6 Å². The van der Waals surface area contributed by atoms with Crippen molar-refractivity contribution in [2.24, 2.45) is 5.92 Å². The van der Waals surface area contributed by atoms with Crippen LogP contribution in [0, 0.1) is 23.4 Å². The van der Waals surface area contributed by atoms with E-state index >= 15 is 0 Å². The molecule has 178 valence electrons. The molecule has 1 heterocycles. The SMILES string of the molecule is C=CC1COC(c2ccc(-c3ccc(-c4ccc(OCCCC)c(F)c4F)cc3)c(F)c2)OC1. The zero-order valence-corrected chi connectivity index (χ0v) is 19.0. The number of ether oxygens (including phenoxy) is 3. The van der Waals surface area contributed by atoms with Crippen molar-refractivity contribution in [3.05, 3.63) is 90.3 Å². The Morgan fingerprint density at radius 1 is 0.912 bits per heavy atom. The lowest BCUT2D eigenvalue weighted by Gasteiger charge is -2.28. The van der Waals surface area contributed by atoms with Crippen molar-refractivity contribution in [3.63, 3.8) is 0 Å². The van der Waals surface area contributed by atoms with Crippen LogP contribution in [-0.4, -0.2) is 19.8 Å². The van der Waals surface area contributed by atoms with E-state index in [1.54, 1.807) is 42.5 Å². The van der Waals surface area contributed by atoms with Gasteiger partial charge in [0.2, 0.25) is 5.82 Å². The van der Waals surface area contributed by atoms with Gasteiger partial charge in [-0.3, -0.25) is 0 Å². The maximum absolute atomic E-state index is 14.9. The number of hydrogen-bond donors (Lipinski definition) is 0. The highest BCUT2D eigenvalue weighted by atomic mass is 19.2. The second kappa shape index (κ2) is 10.9. The Bertz CT molecular complexity index is 1140. The number of rotatable bonds is 8. The first-order chi connectivity index (χ1) is 16.5. The minimum atomic E-state index is -1.01. The third kappa shape index (κ3) is 5.18. The Kier molecular flexibility index (Phi) is 7.70. The molecule has 0 aliphatic carbocycles. The first-order valence-electron chi connectivity index (χ1n) is 11.4. The predicted octanol–water partition coefficient (Wildman–Crippen LogP) is 7.46. The van der Waals surface area contributed by atoms with Crippen LogP contribution in [0.5, 0.6) is 5.75 Å². The lowest BCUT2D eigenvalue weighted by molar-refractivity contribution is -0.197. The third-order valence-electron chi connectivity index (χ3n) is 5.83. The summed E-state index contributed by atoms with van der Waals surface area (Å²) in [5, 5.41) is 0. The minimum Gasteiger partial charge on any atom is -0.490 e. The fraction of sp³-hybridized carbons (Fsp3) is 0.286. The molecule has 0 atom stereocenters. The third-order valence-corrected chi connectivity index (χ3v) is 5.83. The fourth-order valence-electron chi connectivity index (χ4n) is 3.78. The van der Waals surface area contributed by atoms with Gasteiger partial charge in [-0.25, -0.2) is 8.78 Å². The van der Waals surface area contributed by atoms with E-state index in [4.69, 9.17) is 14.2 Å². The van der Waals surface area contributed by atoms with Gasteiger partial charge in [-0.1, -0.05) is 55.8 Å². The summed E-state index contributed by atoms with van der Waals surface area (Å²) in [7, 11) is 0. The number of halogens is 3. The van der Waals surface area contributed by atoms with Crippen molar-refractivity contribution in [2.45, 2.75) is 26.1 Å². The molecule has 0 N–H and O–H groups in total. The van der Waals surface area contributed by atoms with Crippen molar-refractivity contribution < 1.29 is 27.4 Å². The van der Waals surface area contributed by atoms with Crippen LogP contribution >= 0.6 is 0 Å². The van der Waals surface area contributed by atoms with Crippen LogP contribution in [0.4, 0.5) is 13.2 Å². The molecule has 34 heavy (non-hydrogen) atoms. The van der Waals surface area contributed by atoms with Gasteiger partial charge in [-0.05, 0) is 35.7 Å². The molecule has 0 saturated carbocycles. The Balaban J connectivity index is 1.51. The van der Waals surface area contributed by atoms with E-state index in [0.29, 0.717) is 42.1 Å². The zero-order chi connectivity index (χ0) is 24.1. The largest absolute Gasteiger partial charge is 0.490 e. The number of hydrogen-bond acceptors (Lipinski definition) is 3. The smallest absolute Gasteiger partial charge is 0.201 e. The maximum atomic E-state index is 14.9. The molecular formula is C28H27F3O3. The highest BCUT2D eigenvalue weighted by Crippen LogP contribution is 2.33. The summed E-state index contributed by atoms with van der Waals surface area (Å²) < 4.78 is 60.6. The van der Waals surface area contributed by atoms with Gasteiger partial charge in [0.15, 0.2) is 17.9 Å². The molecule has 0 aromatic heterocycles. The average Bonchev–Trinajstić information content (AvgIpc) is 2.87. The Hall–Kier alpha value is -3.09. The van der Waals surface area contributed by atoms with E-state index in [9.17, 15) is 13.2 Å². The molecule has 3 nitrogen and oxygen atoms in total. The van der Waals surface area contributed by atoms with Gasteiger partial charge < -0.3 is 14.2 Å². The molecule has 0 radical (unpaired) electrons. The summed E-state index contributed by atoms with van der Waals surface area (Å²) in [4.78, 5) is 0. The van der Waals surface area contributed by atoms with E-state index in [2.05, 4.69) is 6.58 Å². The summed E-state index contributed by atoms with van der Waals surface area (Å²) in [5.41, 5.74) is 2.20. The summed E-state index contributed by atoms with van der Waals surface area (Å²) in [6.07, 6.45) is 2.82. The summed E-state index contributed by atoms with van der Waals surface area (Å²) in [6.45, 7) is 7.00. The van der Waals surface area contributed by atoms with Crippen molar-refractivity contribution in [3.8, 4) is 28.0 Å². The van der Waals surface area contributed by atoms with Gasteiger partial charge in [0.25, 0.3) is 0 Å². The van der Waals surface area contributed by atoms with Crippen LogP contribution in [0.15, 0.2) is 67.3 Å². The lowest BCUT2D eigenvalue weighted by atomic mass is 9.98. The first-order valence-corrected chi connectivity index (χ1v) is 11.4. The van der Waals surface area contributed by atoms with Gasteiger partial charge in [0.1, 0.15) is 5.82 Å². The minimum absolute atomic E-state index is 0.0978. The fourth-order valence-corrected chi connectivity index (χ4v) is 3.78. The topological polar surface area (TPSA) is 27.7 Å². The van der Waals surface area contributed by atoms with Crippen LogP contribution in [-0.2, 0) is 9.47 Å². The number of benzene rings is 3. The van der Waals surface area contributed by atoms with Gasteiger partial charge in [0.05, 0.1) is 19.8 Å². The maximum Gasteiger partial charge on any atom is 0.201 e. The molecule has 0 unspecified atom stereocenters. The molecule has 3 aromatic carbocycles. The molecule has 0 amide bonds. The Morgan fingerprint density at radius 2 is 1.56 bits per heavy atom. The normalized spacial score (nSPS) is 18.0. The zero-order valence-electron chi connectivity index (χ0n) is 19.0. The highest BCUT2D eigenvalue weighted by molar-refractivity contribution is 5.71. The number of unbranched alkanes of at least 4 members (excludes halogenated alkanes) is 1. The van der Waals surface area contributed by atoms with Crippen LogP contribution in [0.1, 0.15) is 31.6 Å². The molecular weight excluding hydrogens is 441 g/mol. The van der Waals surface area contributed by atoms with Gasteiger partial charge >= 0.3 is 0 Å². The van der Waals surface area contributed by atoms with Crippen molar-refractivity contribution in [2.75, 3.05) is 19.8 Å². The summed E-state index contributed by atoms with van der Waals surface area (Å²) in [5.74, 6) is -2.37. The Labute approximate surface area is 197 Å². The second-order valence-electron chi connectivity index (χ2n) is 8.25. The van der Waals surface area contributed by atoms with E-state index in [1.807, 2.05) is 6.92 Å². The van der Waals surface area contributed by atoms with Gasteiger partial charge in [-0.15, -0.1) is 6.58 Å². The Morgan fingerprint density at radius 3 is 2.18 bits per heavy atom. The molecule has 0 spiro atoms. The van der Waals surface area contributed by atoms with Crippen molar-refractivity contribution >= 4 is 0 Å². The molecule has 3 aromatic rings. The van der Waals surface area contributed by atoms with Gasteiger partial charge in [-0.2, -0.15) is 4.39 Å². The summed E-state index contributed by atoms with van der Waals surface area (Å²) >= 11 is 0. The van der Waals surface area contributed by atoms with Crippen LogP contribution in [0.3, 0.4) is 0 Å². The van der Waals surface area contributed by atoms with Crippen LogP contribution in [0.2, 0.25) is 0 Å². The molecule has 1 aliphatic rings. The van der Waals surface area contributed by atoms with E-state index in [-0.39, 0.29) is 17.2 Å². The molecule has 4 rings (SSSR count). The van der Waals surface area contributed by atoms with Crippen molar-refractivity contribution in [1.82, 2.24) is 0 Å². The van der Waals surface area contributed by atoms with Crippen LogP contribution in [0.25, 0.3) is 22.3 Å². The van der Waals surface area contributed by atoms with E-state index < -0.39 is 23.7 Å². The molecule has 1 fully saturated rings.